The molecule has 1 heterocycles. The first kappa shape index (κ1) is 20.8. The highest BCUT2D eigenvalue weighted by molar-refractivity contribution is 7.99. The normalized spacial score (nSPS) is 10.9. The monoisotopic (exact) mass is 434 g/mol. The van der Waals surface area contributed by atoms with Gasteiger partial charge in [0.1, 0.15) is 11.5 Å². The van der Waals surface area contributed by atoms with Crippen molar-refractivity contribution < 1.29 is 9.32 Å². The van der Waals surface area contributed by atoms with Crippen molar-refractivity contribution in [1.82, 2.24) is 5.16 Å². The van der Waals surface area contributed by atoms with Crippen molar-refractivity contribution in [2.24, 2.45) is 0 Å². The summed E-state index contributed by atoms with van der Waals surface area (Å²) < 4.78 is 5.36. The van der Waals surface area contributed by atoms with E-state index in [0.29, 0.717) is 33.0 Å². The van der Waals surface area contributed by atoms with Crippen LogP contribution in [0.25, 0.3) is 11.3 Å². The number of thioether (sulfide) groups is 1. The number of amides is 1. The predicted molar refractivity (Wildman–Crippen MR) is 117 cm³/mol. The highest BCUT2D eigenvalue weighted by atomic mass is 35.5. The number of anilines is 1. The minimum Gasteiger partial charge on any atom is -0.360 e. The Morgan fingerprint density at radius 2 is 1.82 bits per heavy atom. The van der Waals surface area contributed by atoms with Crippen LogP contribution in [-0.4, -0.2) is 16.8 Å². The number of aromatic nitrogens is 1. The van der Waals surface area contributed by atoms with Gasteiger partial charge in [-0.05, 0) is 50.1 Å². The summed E-state index contributed by atoms with van der Waals surface area (Å²) in [5.74, 6) is 1.50. The molecule has 1 N–H and O–H groups in total. The largest absolute Gasteiger partial charge is 0.360 e. The van der Waals surface area contributed by atoms with Crippen LogP contribution in [0.5, 0.6) is 0 Å². The molecule has 7 heteroatoms. The van der Waals surface area contributed by atoms with Crippen molar-refractivity contribution in [2.45, 2.75) is 26.5 Å². The molecule has 0 saturated carbocycles. The van der Waals surface area contributed by atoms with Gasteiger partial charge in [-0.2, -0.15) is 0 Å². The second kappa shape index (κ2) is 9.03. The van der Waals surface area contributed by atoms with Crippen molar-refractivity contribution in [3.05, 3.63) is 68.9 Å². The number of hydrogen-bond donors (Lipinski definition) is 1. The van der Waals surface area contributed by atoms with Crippen LogP contribution < -0.4 is 5.32 Å². The Balaban J connectivity index is 1.56. The lowest BCUT2D eigenvalue weighted by atomic mass is 10.1. The molecule has 0 fully saturated rings. The van der Waals surface area contributed by atoms with Gasteiger partial charge in [0.25, 0.3) is 0 Å². The summed E-state index contributed by atoms with van der Waals surface area (Å²) in [6.07, 6.45) is 0. The lowest BCUT2D eigenvalue weighted by molar-refractivity contribution is -0.113. The summed E-state index contributed by atoms with van der Waals surface area (Å²) in [4.78, 5) is 12.3. The van der Waals surface area contributed by atoms with Gasteiger partial charge in [0.05, 0.1) is 16.5 Å². The molecule has 3 rings (SSSR count). The van der Waals surface area contributed by atoms with E-state index in [9.17, 15) is 4.79 Å². The van der Waals surface area contributed by atoms with Crippen molar-refractivity contribution in [3.8, 4) is 11.3 Å². The smallest absolute Gasteiger partial charge is 0.234 e. The topological polar surface area (TPSA) is 55.1 Å². The molecule has 0 aliphatic rings. The average Bonchev–Trinajstić information content (AvgIpc) is 3.06. The molecule has 0 saturated heterocycles. The Hall–Kier alpha value is -1.95. The fourth-order valence-corrected chi connectivity index (χ4v) is 4.20. The molecule has 0 atom stereocenters. The highest BCUT2D eigenvalue weighted by Crippen LogP contribution is 2.30. The Labute approximate surface area is 178 Å². The van der Waals surface area contributed by atoms with Crippen LogP contribution in [0, 0.1) is 20.8 Å². The van der Waals surface area contributed by atoms with E-state index in [2.05, 4.69) is 22.6 Å². The summed E-state index contributed by atoms with van der Waals surface area (Å²) in [5.41, 5.74) is 5.60. The zero-order valence-electron chi connectivity index (χ0n) is 15.8. The second-order valence-corrected chi connectivity index (χ2v) is 8.45. The number of hydrogen-bond acceptors (Lipinski definition) is 4. The fraction of sp³-hybridized carbons (Fsp3) is 0.238. The van der Waals surface area contributed by atoms with E-state index in [0.717, 1.165) is 22.4 Å². The van der Waals surface area contributed by atoms with Gasteiger partial charge in [-0.15, -0.1) is 11.8 Å². The van der Waals surface area contributed by atoms with Crippen LogP contribution in [0.4, 0.5) is 5.69 Å². The van der Waals surface area contributed by atoms with Gasteiger partial charge in [-0.1, -0.05) is 46.1 Å². The summed E-state index contributed by atoms with van der Waals surface area (Å²) in [7, 11) is 0. The van der Waals surface area contributed by atoms with Gasteiger partial charge < -0.3 is 9.84 Å². The molecule has 4 nitrogen and oxygen atoms in total. The van der Waals surface area contributed by atoms with Gasteiger partial charge >= 0.3 is 0 Å². The highest BCUT2D eigenvalue weighted by Gasteiger charge is 2.12. The van der Waals surface area contributed by atoms with Crippen molar-refractivity contribution in [3.63, 3.8) is 0 Å². The first-order valence-electron chi connectivity index (χ1n) is 8.70. The predicted octanol–water partition coefficient (Wildman–Crippen LogP) is 6.45. The van der Waals surface area contributed by atoms with Gasteiger partial charge in [-0.3, -0.25) is 4.79 Å². The van der Waals surface area contributed by atoms with Crippen molar-refractivity contribution >= 4 is 46.6 Å². The molecule has 0 aliphatic carbocycles. The molecule has 0 unspecified atom stereocenters. The number of nitrogens with zero attached hydrogens (tertiary/aromatic N) is 1. The molecular weight excluding hydrogens is 415 g/mol. The first-order valence-corrected chi connectivity index (χ1v) is 10.6. The zero-order valence-corrected chi connectivity index (χ0v) is 18.1. The average molecular weight is 435 g/mol. The third-order valence-electron chi connectivity index (χ3n) is 4.18. The number of carbonyl (C=O) groups is 1. The van der Waals surface area contributed by atoms with Crippen LogP contribution in [0.1, 0.15) is 22.5 Å². The summed E-state index contributed by atoms with van der Waals surface area (Å²) in [6, 6.07) is 11.2. The van der Waals surface area contributed by atoms with Crippen LogP contribution in [-0.2, 0) is 10.5 Å². The molecule has 0 aliphatic heterocycles. The van der Waals surface area contributed by atoms with E-state index in [4.69, 9.17) is 27.7 Å². The van der Waals surface area contributed by atoms with E-state index in [-0.39, 0.29) is 5.91 Å². The maximum absolute atomic E-state index is 12.3. The lowest BCUT2D eigenvalue weighted by Crippen LogP contribution is -2.16. The van der Waals surface area contributed by atoms with Crippen LogP contribution in [0.2, 0.25) is 10.0 Å². The minimum absolute atomic E-state index is 0.0412. The summed E-state index contributed by atoms with van der Waals surface area (Å²) >= 11 is 13.6. The van der Waals surface area contributed by atoms with E-state index in [1.807, 2.05) is 26.8 Å². The van der Waals surface area contributed by atoms with Crippen molar-refractivity contribution in [1.29, 1.82) is 0 Å². The van der Waals surface area contributed by atoms with Gasteiger partial charge in [0.2, 0.25) is 5.91 Å². The fourth-order valence-electron chi connectivity index (χ4n) is 3.00. The number of aryl methyl sites for hydroxylation is 3. The summed E-state index contributed by atoms with van der Waals surface area (Å²) in [6.45, 7) is 6.05. The number of rotatable bonds is 6. The molecular formula is C21H20Cl2N2O2S. The van der Waals surface area contributed by atoms with Crippen molar-refractivity contribution in [2.75, 3.05) is 11.1 Å². The molecule has 146 valence electrons. The van der Waals surface area contributed by atoms with Crippen LogP contribution in [0.15, 0.2) is 40.9 Å². The molecule has 3 aromatic rings. The van der Waals surface area contributed by atoms with Crippen LogP contribution in [0.3, 0.4) is 0 Å². The Bertz CT molecular complexity index is 994. The Morgan fingerprint density at radius 3 is 2.50 bits per heavy atom. The number of carbonyl (C=O) groups excluding carboxylic acids is 1. The van der Waals surface area contributed by atoms with E-state index in [1.165, 1.54) is 17.3 Å². The first-order chi connectivity index (χ1) is 13.3. The quantitative estimate of drug-likeness (QED) is 0.484. The molecule has 1 aromatic heterocycles. The number of halogens is 2. The maximum atomic E-state index is 12.3. The standard InChI is InChI=1S/C21H20Cl2N2O2S/c1-12-6-13(2)21(14(3)7-12)24-20(26)11-28-10-16-9-19(25-27-16)17-5-4-15(22)8-18(17)23/h4-9H,10-11H2,1-3H3,(H,24,26). The molecule has 1 amide bonds. The maximum Gasteiger partial charge on any atom is 0.234 e. The molecule has 2 aromatic carbocycles. The lowest BCUT2D eigenvalue weighted by Gasteiger charge is -2.12. The molecule has 28 heavy (non-hydrogen) atoms. The summed E-state index contributed by atoms with van der Waals surface area (Å²) in [5, 5.41) is 8.14. The number of nitrogens with one attached hydrogen (secondary N) is 1. The molecule has 0 spiro atoms. The Morgan fingerprint density at radius 1 is 1.11 bits per heavy atom. The third-order valence-corrected chi connectivity index (χ3v) is 5.69. The van der Waals surface area contributed by atoms with E-state index < -0.39 is 0 Å². The number of benzene rings is 2. The van der Waals surface area contributed by atoms with Gasteiger partial charge in [-0.25, -0.2) is 0 Å². The second-order valence-electron chi connectivity index (χ2n) is 6.62. The van der Waals surface area contributed by atoms with Gasteiger partial charge in [0, 0.05) is 22.3 Å². The Kier molecular flexibility index (Phi) is 6.70. The SMILES string of the molecule is Cc1cc(C)c(NC(=O)CSCc2cc(-c3ccc(Cl)cc3Cl)no2)c(C)c1. The molecule has 0 radical (unpaired) electrons. The molecule has 0 bridgehead atoms. The van der Waals surface area contributed by atoms with E-state index >= 15 is 0 Å². The van der Waals surface area contributed by atoms with Crippen LogP contribution >= 0.6 is 35.0 Å². The zero-order chi connectivity index (χ0) is 20.3. The van der Waals surface area contributed by atoms with Gasteiger partial charge in [0.15, 0.2) is 0 Å². The minimum atomic E-state index is -0.0412. The third kappa shape index (κ3) is 5.10. The van der Waals surface area contributed by atoms with E-state index in [1.54, 1.807) is 18.2 Å².